The van der Waals surface area contributed by atoms with Crippen LogP contribution in [0.15, 0.2) is 12.7 Å². The minimum Gasteiger partial charge on any atom is -0.394 e. The van der Waals surface area contributed by atoms with Crippen molar-refractivity contribution in [2.75, 3.05) is 6.61 Å². The zero-order valence-electron chi connectivity index (χ0n) is 10.1. The van der Waals surface area contributed by atoms with Gasteiger partial charge in [0.1, 0.15) is 24.1 Å². The van der Waals surface area contributed by atoms with Crippen LogP contribution in [0.3, 0.4) is 0 Å². The van der Waals surface area contributed by atoms with Gasteiger partial charge in [0.25, 0.3) is 0 Å². The van der Waals surface area contributed by atoms with Gasteiger partial charge in [-0.3, -0.25) is 4.57 Å². The first kappa shape index (κ1) is 12.4. The number of aliphatic hydroxyl groups excluding tert-OH is 2. The van der Waals surface area contributed by atoms with Gasteiger partial charge >= 0.3 is 0 Å². The average Bonchev–Trinajstić information content (AvgIpc) is 2.94. The number of halogens is 1. The lowest BCUT2D eigenvalue weighted by molar-refractivity contribution is -0.0459. The van der Waals surface area contributed by atoms with E-state index in [4.69, 9.17) is 9.84 Å². The maximum absolute atomic E-state index is 14.0. The molecule has 0 spiro atoms. The van der Waals surface area contributed by atoms with Crippen LogP contribution >= 0.6 is 0 Å². The molecule has 102 valence electrons. The molecule has 19 heavy (non-hydrogen) atoms. The van der Waals surface area contributed by atoms with Gasteiger partial charge in [-0.2, -0.15) is 0 Å². The number of imidazole rings is 1. The van der Waals surface area contributed by atoms with Gasteiger partial charge in [-0.05, 0) is 6.92 Å². The number of hydrogen-bond acceptors (Lipinski definition) is 6. The van der Waals surface area contributed by atoms with E-state index >= 15 is 0 Å². The molecule has 4 atom stereocenters. The van der Waals surface area contributed by atoms with Crippen LogP contribution in [0.2, 0.25) is 0 Å². The van der Waals surface area contributed by atoms with Crippen LogP contribution in [0.25, 0.3) is 11.2 Å². The third kappa shape index (κ3) is 1.79. The van der Waals surface area contributed by atoms with Crippen molar-refractivity contribution in [2.24, 2.45) is 0 Å². The predicted octanol–water partition coefficient (Wildman–Crippen LogP) is -0.277. The predicted molar refractivity (Wildman–Crippen MR) is 62.0 cm³/mol. The van der Waals surface area contributed by atoms with Crippen LogP contribution < -0.4 is 0 Å². The first-order valence-corrected chi connectivity index (χ1v) is 5.86. The van der Waals surface area contributed by atoms with Gasteiger partial charge in [0.05, 0.1) is 18.6 Å². The number of aryl methyl sites for hydroxylation is 1. The minimum absolute atomic E-state index is 0.436. The Kier molecular flexibility index (Phi) is 2.92. The normalized spacial score (nSPS) is 31.2. The smallest absolute Gasteiger partial charge is 0.173 e. The number of nitrogens with zero attached hydrogens (tertiary/aromatic N) is 4. The highest BCUT2D eigenvalue weighted by Gasteiger charge is 2.45. The fourth-order valence-electron chi connectivity index (χ4n) is 2.23. The molecule has 0 aliphatic carbocycles. The van der Waals surface area contributed by atoms with Crippen molar-refractivity contribution in [3.8, 4) is 0 Å². The molecular formula is C11H13FN4O3. The van der Waals surface area contributed by atoms with Crippen LogP contribution in [0.4, 0.5) is 4.39 Å². The van der Waals surface area contributed by atoms with E-state index in [1.807, 2.05) is 0 Å². The number of aliphatic hydroxyl groups is 2. The second kappa shape index (κ2) is 4.48. The Labute approximate surface area is 107 Å². The van der Waals surface area contributed by atoms with Crippen molar-refractivity contribution >= 4 is 11.2 Å². The van der Waals surface area contributed by atoms with Gasteiger partial charge in [-0.25, -0.2) is 19.3 Å². The largest absolute Gasteiger partial charge is 0.394 e. The Hall–Kier alpha value is -1.64. The number of aromatic nitrogens is 4. The van der Waals surface area contributed by atoms with E-state index < -0.39 is 31.2 Å². The fraction of sp³-hybridized carbons (Fsp3) is 0.545. The van der Waals surface area contributed by atoms with Crippen molar-refractivity contribution in [2.45, 2.75) is 31.5 Å². The van der Waals surface area contributed by atoms with Gasteiger partial charge in [-0.15, -0.1) is 0 Å². The Morgan fingerprint density at radius 1 is 1.42 bits per heavy atom. The van der Waals surface area contributed by atoms with Gasteiger partial charge < -0.3 is 14.9 Å². The third-order valence-electron chi connectivity index (χ3n) is 3.29. The van der Waals surface area contributed by atoms with E-state index in [9.17, 15) is 9.50 Å². The average molecular weight is 268 g/mol. The van der Waals surface area contributed by atoms with Crippen molar-refractivity contribution in [1.29, 1.82) is 0 Å². The molecule has 2 N–H and O–H groups in total. The first-order valence-electron chi connectivity index (χ1n) is 5.86. The molecule has 1 unspecified atom stereocenters. The van der Waals surface area contributed by atoms with E-state index in [1.54, 1.807) is 6.92 Å². The standard InChI is InChI=1S/C11H13FN4O3/c1-5-8-10(14-3-13-5)16(4-15-8)11-7(12)9(18)6(2-17)19-11/h3-4,6-7,9,11,17-18H,2H2,1H3/t6-,7+,9?,11-/m1/s1. The summed E-state index contributed by atoms with van der Waals surface area (Å²) in [7, 11) is 0. The van der Waals surface area contributed by atoms with Crippen molar-refractivity contribution in [3.05, 3.63) is 18.3 Å². The van der Waals surface area contributed by atoms with Crippen molar-refractivity contribution in [3.63, 3.8) is 0 Å². The van der Waals surface area contributed by atoms with Gasteiger partial charge in [0, 0.05) is 0 Å². The molecule has 0 aromatic carbocycles. The maximum Gasteiger partial charge on any atom is 0.173 e. The van der Waals surface area contributed by atoms with Crippen molar-refractivity contribution < 1.29 is 19.3 Å². The summed E-state index contributed by atoms with van der Waals surface area (Å²) in [6.45, 7) is 1.33. The van der Waals surface area contributed by atoms with Crippen molar-refractivity contribution in [1.82, 2.24) is 19.5 Å². The van der Waals surface area contributed by atoms with Crippen LogP contribution in [-0.4, -0.2) is 54.7 Å². The van der Waals surface area contributed by atoms with Gasteiger partial charge in [-0.1, -0.05) is 0 Å². The van der Waals surface area contributed by atoms with Crippen LogP contribution in [0.5, 0.6) is 0 Å². The highest BCUT2D eigenvalue weighted by molar-refractivity contribution is 5.72. The SMILES string of the molecule is Cc1ncnc2c1ncn2[C@@H]1O[C@H](CO)C(O)[C@@H]1F. The van der Waals surface area contributed by atoms with E-state index in [0.29, 0.717) is 16.9 Å². The van der Waals surface area contributed by atoms with Crippen LogP contribution in [-0.2, 0) is 4.74 Å². The molecule has 8 heteroatoms. The molecule has 1 saturated heterocycles. The minimum atomic E-state index is -1.65. The summed E-state index contributed by atoms with van der Waals surface area (Å²) in [4.78, 5) is 12.2. The number of rotatable bonds is 2. The van der Waals surface area contributed by atoms with E-state index in [0.717, 1.165) is 0 Å². The summed E-state index contributed by atoms with van der Waals surface area (Å²) < 4.78 is 20.8. The third-order valence-corrected chi connectivity index (χ3v) is 3.29. The molecule has 1 aliphatic heterocycles. The Bertz CT molecular complexity index is 605. The molecule has 2 aromatic rings. The Balaban J connectivity index is 2.04. The van der Waals surface area contributed by atoms with Crippen LogP contribution in [0.1, 0.15) is 11.9 Å². The molecule has 0 radical (unpaired) electrons. The molecular weight excluding hydrogens is 255 g/mol. The summed E-state index contributed by atoms with van der Waals surface area (Å²) in [5.74, 6) is 0. The summed E-state index contributed by atoms with van der Waals surface area (Å²) >= 11 is 0. The molecule has 0 amide bonds. The lowest BCUT2D eigenvalue weighted by atomic mass is 10.1. The zero-order valence-corrected chi connectivity index (χ0v) is 10.1. The van der Waals surface area contributed by atoms with E-state index in [1.165, 1.54) is 17.2 Å². The number of alkyl halides is 1. The monoisotopic (exact) mass is 268 g/mol. The Morgan fingerprint density at radius 2 is 2.21 bits per heavy atom. The summed E-state index contributed by atoms with van der Waals surface area (Å²) in [6, 6.07) is 0. The number of fused-ring (bicyclic) bond motifs is 1. The lowest BCUT2D eigenvalue weighted by Crippen LogP contribution is -2.30. The number of hydrogen-bond donors (Lipinski definition) is 2. The fourth-order valence-corrected chi connectivity index (χ4v) is 2.23. The molecule has 1 fully saturated rings. The molecule has 3 heterocycles. The molecule has 7 nitrogen and oxygen atoms in total. The molecule has 3 rings (SSSR count). The van der Waals surface area contributed by atoms with E-state index in [2.05, 4.69) is 15.0 Å². The van der Waals surface area contributed by atoms with Gasteiger partial charge in [0.2, 0.25) is 0 Å². The molecule has 2 aromatic heterocycles. The van der Waals surface area contributed by atoms with E-state index in [-0.39, 0.29) is 0 Å². The molecule has 0 saturated carbocycles. The summed E-state index contributed by atoms with van der Waals surface area (Å²) in [5.41, 5.74) is 1.67. The first-order chi connectivity index (χ1) is 9.13. The quantitative estimate of drug-likeness (QED) is 0.778. The summed E-state index contributed by atoms with van der Waals surface area (Å²) in [5, 5.41) is 18.7. The highest BCUT2D eigenvalue weighted by Crippen LogP contribution is 2.33. The molecule has 0 bridgehead atoms. The maximum atomic E-state index is 14.0. The zero-order chi connectivity index (χ0) is 13.6. The highest BCUT2D eigenvalue weighted by atomic mass is 19.1. The molecule has 1 aliphatic rings. The number of ether oxygens (including phenoxy) is 1. The second-order valence-electron chi connectivity index (χ2n) is 4.47. The van der Waals surface area contributed by atoms with Crippen LogP contribution in [0, 0.1) is 6.92 Å². The Morgan fingerprint density at radius 3 is 2.89 bits per heavy atom. The topological polar surface area (TPSA) is 93.3 Å². The lowest BCUT2D eigenvalue weighted by Gasteiger charge is -2.14. The second-order valence-corrected chi connectivity index (χ2v) is 4.47. The van der Waals surface area contributed by atoms with Gasteiger partial charge in [0.15, 0.2) is 18.0 Å². The summed E-state index contributed by atoms with van der Waals surface area (Å²) in [6.07, 6.45) is -2.25.